The zero-order valence-electron chi connectivity index (χ0n) is 19.3. The van der Waals surface area contributed by atoms with Gasteiger partial charge < -0.3 is 46.7 Å². The Morgan fingerprint density at radius 1 is 0.656 bits per heavy atom. The maximum Gasteiger partial charge on any atom is 0.320 e. The van der Waals surface area contributed by atoms with Crippen molar-refractivity contribution in [3.63, 3.8) is 0 Å². The van der Waals surface area contributed by atoms with Gasteiger partial charge in [-0.3, -0.25) is 9.59 Å². The van der Waals surface area contributed by atoms with Gasteiger partial charge in [-0.2, -0.15) is 0 Å². The Hall–Kier alpha value is -0.572. The predicted molar refractivity (Wildman–Crippen MR) is 121 cm³/mol. The van der Waals surface area contributed by atoms with Crippen LogP contribution in [0.5, 0.6) is 0 Å². The van der Waals surface area contributed by atoms with Crippen molar-refractivity contribution in [2.24, 2.45) is 11.5 Å². The van der Waals surface area contributed by atoms with Gasteiger partial charge in [0.15, 0.2) is 0 Å². The fourth-order valence-electron chi connectivity index (χ4n) is 1.91. The molecule has 2 aromatic carbocycles. The van der Waals surface area contributed by atoms with Crippen LogP contribution in [0.15, 0.2) is 60.7 Å². The molecule has 8 nitrogen and oxygen atoms in total. The van der Waals surface area contributed by atoms with E-state index in [4.69, 9.17) is 31.9 Å². The van der Waals surface area contributed by atoms with Crippen molar-refractivity contribution in [3.8, 4) is 0 Å². The number of hydrogen-bond acceptors (Lipinski definition) is 6. The average molecular weight is 602 g/mol. The average Bonchev–Trinajstić information content (AvgIpc) is 2.73. The first kappa shape index (κ1) is 45.0. The number of aliphatic hydroxyl groups is 2. The molecular formula is C22H36N2O6Y2-2. The van der Waals surface area contributed by atoms with Crippen molar-refractivity contribution >= 4 is 11.9 Å². The molecule has 0 aliphatic carbocycles. The van der Waals surface area contributed by atoms with Crippen LogP contribution in [0.1, 0.15) is 11.1 Å². The zero-order valence-corrected chi connectivity index (χ0v) is 24.9. The van der Waals surface area contributed by atoms with E-state index < -0.39 is 24.0 Å². The molecule has 0 aliphatic rings. The molecule has 2 radical (unpaired) electrons. The first-order valence-corrected chi connectivity index (χ1v) is 8.34. The normalized spacial score (nSPS) is 9.69. The maximum atomic E-state index is 10.4. The minimum absolute atomic E-state index is 0. The van der Waals surface area contributed by atoms with E-state index in [1.165, 1.54) is 0 Å². The number of hydrogen-bond donors (Lipinski definition) is 6. The summed E-state index contributed by atoms with van der Waals surface area (Å²) in [5.74, 6) is -1.92. The quantitative estimate of drug-likeness (QED) is 0.270. The third kappa shape index (κ3) is 24.1. The van der Waals surface area contributed by atoms with Crippen molar-refractivity contribution in [1.29, 1.82) is 0 Å². The molecule has 8 N–H and O–H groups in total. The molecule has 0 saturated carbocycles. The van der Waals surface area contributed by atoms with E-state index in [0.29, 0.717) is 12.8 Å². The maximum absolute atomic E-state index is 10.4. The predicted octanol–water partition coefficient (Wildman–Crippen LogP) is 1.39. The summed E-state index contributed by atoms with van der Waals surface area (Å²) in [6.45, 7) is 0. The monoisotopic (exact) mass is 602 g/mol. The molecule has 0 saturated heterocycles. The van der Waals surface area contributed by atoms with Crippen molar-refractivity contribution in [1.82, 2.24) is 0 Å². The summed E-state index contributed by atoms with van der Waals surface area (Å²) in [6, 6.07) is 17.1. The Morgan fingerprint density at radius 2 is 0.875 bits per heavy atom. The molecule has 0 aromatic heterocycles. The van der Waals surface area contributed by atoms with Crippen LogP contribution in [-0.2, 0) is 87.8 Å². The fourth-order valence-corrected chi connectivity index (χ4v) is 1.91. The van der Waals surface area contributed by atoms with E-state index in [9.17, 15) is 9.59 Å². The number of carboxylic acid groups (broad SMARTS) is 2. The molecule has 178 valence electrons. The van der Waals surface area contributed by atoms with Crippen LogP contribution >= 0.6 is 0 Å². The van der Waals surface area contributed by atoms with Crippen LogP contribution in [-0.4, -0.2) is 58.7 Å². The number of aliphatic carboxylic acids is 2. The van der Waals surface area contributed by atoms with Crippen LogP contribution in [0.25, 0.3) is 0 Å². The van der Waals surface area contributed by atoms with Gasteiger partial charge in [0.05, 0.1) is 0 Å². The molecule has 0 bridgehead atoms. The molecule has 0 fully saturated rings. The summed E-state index contributed by atoms with van der Waals surface area (Å²) in [4.78, 5) is 20.8. The minimum atomic E-state index is -0.959. The zero-order chi connectivity index (χ0) is 21.9. The summed E-state index contributed by atoms with van der Waals surface area (Å²) in [5, 5.41) is 31.0. The summed E-state index contributed by atoms with van der Waals surface area (Å²) in [6.07, 6.45) is 0.770. The Morgan fingerprint density at radius 3 is 1.06 bits per heavy atom. The number of carboxylic acids is 2. The van der Waals surface area contributed by atoms with Crippen LogP contribution in [0.3, 0.4) is 0 Å². The second-order valence-electron chi connectivity index (χ2n) is 5.27. The molecule has 0 spiro atoms. The largest absolute Gasteiger partial charge is 0.480 e. The van der Waals surface area contributed by atoms with Crippen molar-refractivity contribution in [2.45, 2.75) is 24.9 Å². The minimum Gasteiger partial charge on any atom is -0.480 e. The van der Waals surface area contributed by atoms with Gasteiger partial charge in [-0.15, -0.1) is 0 Å². The summed E-state index contributed by atoms with van der Waals surface area (Å²) in [7, 11) is 2.00. The van der Waals surface area contributed by atoms with E-state index in [2.05, 4.69) is 0 Å². The molecule has 2 aromatic rings. The Labute approximate surface area is 242 Å². The molecule has 2 atom stereocenters. The number of carbonyl (C=O) groups is 2. The Balaban J connectivity index is -0.0000000823. The molecule has 10 heteroatoms. The van der Waals surface area contributed by atoms with Gasteiger partial charge in [0.2, 0.25) is 0 Å². The third-order valence-corrected chi connectivity index (χ3v) is 3.23. The summed E-state index contributed by atoms with van der Waals surface area (Å²) >= 11 is 0. The van der Waals surface area contributed by atoms with Gasteiger partial charge in [-0.05, 0) is 24.0 Å². The second kappa shape index (κ2) is 30.4. The van der Waals surface area contributed by atoms with Gasteiger partial charge in [0.1, 0.15) is 12.1 Å². The number of aliphatic hydroxyl groups excluding tert-OH is 2. The Bertz CT molecular complexity index is 592. The van der Waals surface area contributed by atoms with Gasteiger partial charge in [0.25, 0.3) is 0 Å². The number of benzene rings is 2. The van der Waals surface area contributed by atoms with Crippen molar-refractivity contribution in [3.05, 3.63) is 86.6 Å². The molecule has 0 aliphatic heterocycles. The van der Waals surface area contributed by atoms with Crippen molar-refractivity contribution < 1.29 is 95.4 Å². The molecule has 0 amide bonds. The Kier molecular flexibility index (Phi) is 42.8. The van der Waals surface area contributed by atoms with E-state index in [1.807, 2.05) is 60.7 Å². The second-order valence-corrected chi connectivity index (χ2v) is 5.27. The van der Waals surface area contributed by atoms with Crippen molar-refractivity contribution in [2.75, 3.05) is 14.2 Å². The first-order valence-electron chi connectivity index (χ1n) is 8.34. The van der Waals surface area contributed by atoms with E-state index in [-0.39, 0.29) is 80.3 Å². The van der Waals surface area contributed by atoms with Gasteiger partial charge in [-0.25, -0.2) is 0 Å². The van der Waals surface area contributed by atoms with Gasteiger partial charge in [0, 0.05) is 79.6 Å². The fraction of sp³-hybridized carbons (Fsp3) is 0.273. The standard InChI is InChI=1S/2C9H11NO2.2CH4O.2CH3.2Y/c2*10-8(9(11)12)6-7-4-2-1-3-5-7;2*1-2;;;;/h2*1-5,8H,6,10H2,(H,11,12);2*2H,1H3;2*1H3;;/q;;;;2*-1;;/t2*8-;;;;;;/m10....../s1. The van der Waals surface area contributed by atoms with Gasteiger partial charge >= 0.3 is 11.9 Å². The topological polar surface area (TPSA) is 167 Å². The van der Waals surface area contributed by atoms with Crippen LogP contribution in [0, 0.1) is 14.9 Å². The molecular weight excluding hydrogens is 566 g/mol. The molecule has 32 heavy (non-hydrogen) atoms. The van der Waals surface area contributed by atoms with Crippen LogP contribution < -0.4 is 11.5 Å². The summed E-state index contributed by atoms with van der Waals surface area (Å²) < 4.78 is 0. The molecule has 2 rings (SSSR count). The summed E-state index contributed by atoms with van der Waals surface area (Å²) in [5.41, 5.74) is 12.6. The third-order valence-electron chi connectivity index (χ3n) is 3.23. The smallest absolute Gasteiger partial charge is 0.320 e. The van der Waals surface area contributed by atoms with Crippen LogP contribution in [0.4, 0.5) is 0 Å². The molecule has 0 heterocycles. The van der Waals surface area contributed by atoms with Gasteiger partial charge in [-0.1, -0.05) is 60.7 Å². The number of rotatable bonds is 6. The number of nitrogens with two attached hydrogens (primary N) is 2. The van der Waals surface area contributed by atoms with E-state index in [1.54, 1.807) is 0 Å². The first-order chi connectivity index (χ1) is 13.4. The SMILES string of the molecule is CO.CO.N[C@@H](Cc1ccccc1)C(=O)O.N[C@H](Cc1ccccc1)C(=O)O.[CH3-].[CH3-].[Y].[Y]. The van der Waals surface area contributed by atoms with Crippen LogP contribution in [0.2, 0.25) is 0 Å². The van der Waals surface area contributed by atoms with E-state index >= 15 is 0 Å². The van der Waals surface area contributed by atoms with E-state index in [0.717, 1.165) is 25.3 Å². The molecule has 0 unspecified atom stereocenters.